The minimum Gasteiger partial charge on any atom is -0.476 e. The molecule has 1 aromatic carbocycles. The van der Waals surface area contributed by atoms with Gasteiger partial charge in [0.2, 0.25) is 5.71 Å². The van der Waals surface area contributed by atoms with E-state index >= 15 is 0 Å². The van der Waals surface area contributed by atoms with E-state index in [1.165, 1.54) is 16.9 Å². The highest BCUT2D eigenvalue weighted by molar-refractivity contribution is 7.14. The van der Waals surface area contributed by atoms with Gasteiger partial charge in [0.25, 0.3) is 0 Å². The molecule has 0 fully saturated rings. The molecular weight excluding hydrogens is 262 g/mol. The first kappa shape index (κ1) is 13.3. The second-order valence-corrected chi connectivity index (χ2v) is 5.17. The Bertz CT molecular complexity index is 590. The molecule has 98 valence electrons. The minimum atomic E-state index is -1.22. The maximum Gasteiger partial charge on any atom is 0.359 e. The molecule has 0 aliphatic heterocycles. The van der Waals surface area contributed by atoms with Crippen molar-refractivity contribution in [2.75, 3.05) is 0 Å². The normalized spacial score (nSPS) is 11.5. The first-order valence-electron chi connectivity index (χ1n) is 5.79. The molecule has 2 N–H and O–H groups in total. The van der Waals surface area contributed by atoms with Crippen LogP contribution in [0.2, 0.25) is 0 Å². The summed E-state index contributed by atoms with van der Waals surface area (Å²) >= 11 is 1.34. The second-order valence-electron chi connectivity index (χ2n) is 4.01. The van der Waals surface area contributed by atoms with Crippen LogP contribution in [0.1, 0.15) is 15.3 Å². The minimum absolute atomic E-state index is 0.309. The summed E-state index contributed by atoms with van der Waals surface area (Å²) in [5, 5.41) is 20.4. The van der Waals surface area contributed by atoms with Gasteiger partial charge in [0, 0.05) is 4.88 Å². The Hall–Kier alpha value is -2.14. The van der Waals surface area contributed by atoms with E-state index in [1.54, 1.807) is 6.07 Å². The van der Waals surface area contributed by atoms with Crippen molar-refractivity contribution >= 4 is 23.0 Å². The van der Waals surface area contributed by atoms with E-state index in [2.05, 4.69) is 17.3 Å². The molecule has 0 spiro atoms. The third-order valence-electron chi connectivity index (χ3n) is 2.70. The van der Waals surface area contributed by atoms with Gasteiger partial charge in [-0.2, -0.15) is 0 Å². The highest BCUT2D eigenvalue weighted by atomic mass is 32.1. The molecule has 0 bridgehead atoms. The first-order chi connectivity index (χ1) is 9.20. The van der Waals surface area contributed by atoms with Gasteiger partial charge in [-0.1, -0.05) is 35.5 Å². The number of carbonyl (C=O) groups is 1. The molecule has 19 heavy (non-hydrogen) atoms. The average Bonchev–Trinajstić information content (AvgIpc) is 2.87. The fourth-order valence-electron chi connectivity index (χ4n) is 1.75. The molecule has 0 aliphatic rings. The Labute approximate surface area is 114 Å². The molecule has 0 unspecified atom stereocenters. The number of thiophene rings is 1. The lowest BCUT2D eigenvalue weighted by Gasteiger charge is -1.98. The van der Waals surface area contributed by atoms with E-state index in [4.69, 9.17) is 10.3 Å². The average molecular weight is 275 g/mol. The first-order valence-corrected chi connectivity index (χ1v) is 6.60. The summed E-state index contributed by atoms with van der Waals surface area (Å²) in [6.45, 7) is 0. The summed E-state index contributed by atoms with van der Waals surface area (Å²) in [7, 11) is 0. The Morgan fingerprint density at radius 1 is 1.11 bits per heavy atom. The highest BCUT2D eigenvalue weighted by Crippen LogP contribution is 2.19. The molecule has 2 rings (SSSR count). The number of oxime groups is 1. The molecule has 0 saturated carbocycles. The lowest BCUT2D eigenvalue weighted by atomic mass is 10.1. The summed E-state index contributed by atoms with van der Waals surface area (Å²) in [6.07, 6.45) is 1.74. The highest BCUT2D eigenvalue weighted by Gasteiger charge is 2.15. The monoisotopic (exact) mass is 275 g/mol. The Morgan fingerprint density at radius 2 is 1.84 bits per heavy atom. The number of aliphatic carboxylic acids is 1. The summed E-state index contributed by atoms with van der Waals surface area (Å²) in [5.41, 5.74) is 0.933. The van der Waals surface area contributed by atoms with Gasteiger partial charge < -0.3 is 10.3 Å². The largest absolute Gasteiger partial charge is 0.476 e. The van der Waals surface area contributed by atoms with Crippen molar-refractivity contribution in [2.45, 2.75) is 12.8 Å². The molecule has 4 nitrogen and oxygen atoms in total. The smallest absolute Gasteiger partial charge is 0.359 e. The number of benzene rings is 1. The molecule has 0 amide bonds. The predicted octanol–water partition coefficient (Wildman–Crippen LogP) is 2.80. The van der Waals surface area contributed by atoms with Crippen molar-refractivity contribution < 1.29 is 15.1 Å². The molecule has 1 aromatic heterocycles. The van der Waals surface area contributed by atoms with E-state index in [0.717, 1.165) is 17.7 Å². The number of hydrogen-bond donors (Lipinski definition) is 2. The van der Waals surface area contributed by atoms with E-state index < -0.39 is 5.97 Å². The van der Waals surface area contributed by atoms with Gasteiger partial charge in [-0.25, -0.2) is 4.79 Å². The van der Waals surface area contributed by atoms with Crippen LogP contribution in [0.4, 0.5) is 0 Å². The van der Waals surface area contributed by atoms with Gasteiger partial charge in [-0.05, 0) is 30.5 Å². The van der Waals surface area contributed by atoms with E-state index in [-0.39, 0.29) is 5.71 Å². The van der Waals surface area contributed by atoms with Crippen LogP contribution in [0.3, 0.4) is 0 Å². The second kappa shape index (κ2) is 6.15. The standard InChI is InChI=1S/C14H13NO3S/c16-14(17)13(15-18)12-9-8-11(19-12)7-6-10-4-2-1-3-5-10/h1-5,8-9,18H,6-7H2,(H,16,17)/b15-13+. The van der Waals surface area contributed by atoms with Crippen molar-refractivity contribution in [3.8, 4) is 0 Å². The lowest BCUT2D eigenvalue weighted by Crippen LogP contribution is -2.12. The zero-order valence-electron chi connectivity index (χ0n) is 10.1. The fourth-order valence-corrected chi connectivity index (χ4v) is 2.73. The zero-order valence-corrected chi connectivity index (χ0v) is 10.9. The fraction of sp³-hybridized carbons (Fsp3) is 0.143. The number of aryl methyl sites for hydroxylation is 2. The zero-order chi connectivity index (χ0) is 13.7. The number of hydrogen-bond acceptors (Lipinski definition) is 4. The van der Waals surface area contributed by atoms with Crippen LogP contribution in [-0.2, 0) is 17.6 Å². The summed E-state index contributed by atoms with van der Waals surface area (Å²) in [6, 6.07) is 13.6. The van der Waals surface area contributed by atoms with Crippen LogP contribution in [0.5, 0.6) is 0 Å². The Balaban J connectivity index is 2.04. The van der Waals surface area contributed by atoms with Crippen molar-refractivity contribution in [2.24, 2.45) is 5.16 Å². The maximum atomic E-state index is 10.8. The van der Waals surface area contributed by atoms with E-state index in [9.17, 15) is 4.79 Å². The van der Waals surface area contributed by atoms with Gasteiger partial charge in [0.1, 0.15) is 0 Å². The molecule has 0 saturated heterocycles. The van der Waals surface area contributed by atoms with Crippen LogP contribution in [-0.4, -0.2) is 22.0 Å². The van der Waals surface area contributed by atoms with E-state index in [0.29, 0.717) is 4.88 Å². The topological polar surface area (TPSA) is 69.9 Å². The third kappa shape index (κ3) is 3.42. The van der Waals surface area contributed by atoms with Crippen LogP contribution < -0.4 is 0 Å². The molecule has 1 heterocycles. The van der Waals surface area contributed by atoms with Gasteiger partial charge in [0.05, 0.1) is 4.88 Å². The van der Waals surface area contributed by atoms with Gasteiger partial charge in [-0.3, -0.25) is 0 Å². The number of carboxylic acids is 1. The van der Waals surface area contributed by atoms with E-state index in [1.807, 2.05) is 24.3 Å². The van der Waals surface area contributed by atoms with Crippen molar-refractivity contribution in [3.05, 3.63) is 57.8 Å². The van der Waals surface area contributed by atoms with Crippen molar-refractivity contribution in [1.29, 1.82) is 0 Å². The SMILES string of the molecule is O=C(O)/C(=N/O)c1ccc(CCc2ccccc2)s1. The van der Waals surface area contributed by atoms with Crippen LogP contribution >= 0.6 is 11.3 Å². The molecule has 0 atom stereocenters. The number of nitrogens with zero attached hydrogens (tertiary/aromatic N) is 1. The molecular formula is C14H13NO3S. The maximum absolute atomic E-state index is 10.8. The lowest BCUT2D eigenvalue weighted by molar-refractivity contribution is -0.129. The van der Waals surface area contributed by atoms with Crippen molar-refractivity contribution in [3.63, 3.8) is 0 Å². The molecule has 0 aliphatic carbocycles. The summed E-state index contributed by atoms with van der Waals surface area (Å²) < 4.78 is 0. The Morgan fingerprint density at radius 3 is 2.47 bits per heavy atom. The molecule has 5 heteroatoms. The number of carboxylic acid groups (broad SMARTS) is 1. The third-order valence-corrected chi connectivity index (χ3v) is 3.85. The number of rotatable bonds is 5. The summed E-state index contributed by atoms with van der Waals surface area (Å²) in [5.74, 6) is -1.22. The van der Waals surface area contributed by atoms with Gasteiger partial charge >= 0.3 is 5.97 Å². The molecule has 0 radical (unpaired) electrons. The van der Waals surface area contributed by atoms with Gasteiger partial charge in [-0.15, -0.1) is 11.3 Å². The van der Waals surface area contributed by atoms with Crippen LogP contribution in [0.25, 0.3) is 0 Å². The predicted molar refractivity (Wildman–Crippen MR) is 74.1 cm³/mol. The quantitative estimate of drug-likeness (QED) is 0.501. The summed E-state index contributed by atoms with van der Waals surface area (Å²) in [4.78, 5) is 12.4. The van der Waals surface area contributed by atoms with Gasteiger partial charge in [0.15, 0.2) is 0 Å². The van der Waals surface area contributed by atoms with Crippen LogP contribution in [0, 0.1) is 0 Å². The van der Waals surface area contributed by atoms with Crippen molar-refractivity contribution in [1.82, 2.24) is 0 Å². The Kier molecular flexibility index (Phi) is 4.30. The van der Waals surface area contributed by atoms with Crippen LogP contribution in [0.15, 0.2) is 47.6 Å². The molecule has 2 aromatic rings.